The molecule has 4 N–H and O–H groups in total. The monoisotopic (exact) mass is 586 g/mol. The second-order valence-electron chi connectivity index (χ2n) is 11.3. The van der Waals surface area contributed by atoms with Crippen molar-refractivity contribution in [3.8, 4) is 5.69 Å². The average molecular weight is 587 g/mol. The number of aliphatic imine (C=N–C) groups is 1. The van der Waals surface area contributed by atoms with Crippen LogP contribution in [0.3, 0.4) is 0 Å². The van der Waals surface area contributed by atoms with Crippen molar-refractivity contribution >= 4 is 59.2 Å². The Morgan fingerprint density at radius 2 is 1.32 bits per heavy atom. The number of thiophene rings is 1. The zero-order chi connectivity index (χ0) is 29.7. The molecule has 0 saturated carbocycles. The van der Waals surface area contributed by atoms with Crippen LogP contribution in [0.25, 0.3) is 47.7 Å². The van der Waals surface area contributed by atoms with Gasteiger partial charge in [0.1, 0.15) is 11.5 Å². The molecule has 5 heteroatoms. The van der Waals surface area contributed by atoms with E-state index in [9.17, 15) is 0 Å². The first-order chi connectivity index (χ1) is 21.6. The molecule has 0 fully saturated rings. The maximum absolute atomic E-state index is 7.28. The van der Waals surface area contributed by atoms with Crippen LogP contribution in [0.4, 0.5) is 0 Å². The van der Waals surface area contributed by atoms with Crippen molar-refractivity contribution in [1.29, 1.82) is 0 Å². The molecule has 2 heterocycles. The van der Waals surface area contributed by atoms with Gasteiger partial charge < -0.3 is 16.0 Å². The Morgan fingerprint density at radius 3 is 2.14 bits per heavy atom. The number of amidine groups is 1. The van der Waals surface area contributed by atoms with Crippen molar-refractivity contribution < 1.29 is 0 Å². The van der Waals surface area contributed by atoms with Gasteiger partial charge in [-0.25, -0.2) is 4.99 Å². The minimum atomic E-state index is -1.09. The van der Waals surface area contributed by atoms with Gasteiger partial charge in [-0.2, -0.15) is 0 Å². The highest BCUT2D eigenvalue weighted by atomic mass is 32.1. The van der Waals surface area contributed by atoms with Crippen LogP contribution in [0.2, 0.25) is 0 Å². The average Bonchev–Trinajstić information content (AvgIpc) is 3.59. The molecule has 0 aliphatic carbocycles. The molecule has 0 aliphatic rings. The molecule has 0 unspecified atom stereocenters. The summed E-state index contributed by atoms with van der Waals surface area (Å²) >= 11 is 1.85. The molecule has 0 amide bonds. The van der Waals surface area contributed by atoms with Crippen molar-refractivity contribution in [2.24, 2.45) is 16.5 Å². The van der Waals surface area contributed by atoms with E-state index in [1.54, 1.807) is 0 Å². The number of hydrogen-bond acceptors (Lipinski definition) is 3. The fourth-order valence-electron chi connectivity index (χ4n) is 6.38. The summed E-state index contributed by atoms with van der Waals surface area (Å²) in [5, 5.41) is 5.02. The van der Waals surface area contributed by atoms with Crippen LogP contribution in [0, 0.1) is 0 Å². The molecule has 1 atom stereocenters. The summed E-state index contributed by atoms with van der Waals surface area (Å²) in [7, 11) is 0. The van der Waals surface area contributed by atoms with Gasteiger partial charge in [-0.05, 0) is 47.5 Å². The highest BCUT2D eigenvalue weighted by Gasteiger charge is 2.29. The number of nitrogens with two attached hydrogens (primary N) is 2. The first-order valence-electron chi connectivity index (χ1n) is 14.8. The number of para-hydroxylation sites is 1. The van der Waals surface area contributed by atoms with Crippen molar-refractivity contribution in [2.45, 2.75) is 12.1 Å². The molecular formula is C39H30N4S. The molecule has 0 saturated heterocycles. The molecule has 8 aromatic rings. The Morgan fingerprint density at radius 1 is 0.614 bits per heavy atom. The van der Waals surface area contributed by atoms with E-state index in [0.29, 0.717) is 12.3 Å². The van der Waals surface area contributed by atoms with Gasteiger partial charge in [0, 0.05) is 48.6 Å². The lowest BCUT2D eigenvalue weighted by molar-refractivity contribution is 0.465. The summed E-state index contributed by atoms with van der Waals surface area (Å²) in [6, 6.07) is 50.5. The number of aromatic nitrogens is 1. The molecule has 4 nitrogen and oxygen atoms in total. The van der Waals surface area contributed by atoms with Gasteiger partial charge in [0.2, 0.25) is 0 Å². The summed E-state index contributed by atoms with van der Waals surface area (Å²) in [5.41, 5.74) is 19.0. The van der Waals surface area contributed by atoms with Gasteiger partial charge in [0.25, 0.3) is 0 Å². The third kappa shape index (κ3) is 4.45. The van der Waals surface area contributed by atoms with E-state index in [4.69, 9.17) is 16.5 Å². The standard InChI is InChI=1S/C39H30N4S/c40-38(27-14-5-2-6-15-27)42-39(41,25-26-12-3-1-4-13-26)28-16-11-17-29(22-28)43-34-20-9-7-18-30(34)32-24-37-33(23-35(32)43)31-19-8-10-21-36(31)44-37/h1-24H,25,41H2,(H2,40,42)/t39-/m1/s1. The Bertz CT molecular complexity index is 2330. The lowest BCUT2D eigenvalue weighted by atomic mass is 9.92. The number of hydrogen-bond donors (Lipinski definition) is 2. The number of nitrogens with zero attached hydrogens (tertiary/aromatic N) is 2. The van der Waals surface area contributed by atoms with E-state index in [2.05, 4.69) is 102 Å². The first kappa shape index (κ1) is 26.4. The summed E-state index contributed by atoms with van der Waals surface area (Å²) in [6.07, 6.45) is 0.500. The maximum atomic E-state index is 7.28. The summed E-state index contributed by atoms with van der Waals surface area (Å²) in [4.78, 5) is 5.02. The van der Waals surface area contributed by atoms with Gasteiger partial charge in [0.15, 0.2) is 0 Å². The number of fused-ring (bicyclic) bond motifs is 6. The summed E-state index contributed by atoms with van der Waals surface area (Å²) < 4.78 is 4.95. The van der Waals surface area contributed by atoms with Crippen molar-refractivity contribution in [2.75, 3.05) is 0 Å². The van der Waals surface area contributed by atoms with Crippen LogP contribution >= 0.6 is 11.3 Å². The van der Waals surface area contributed by atoms with E-state index >= 15 is 0 Å². The Kier molecular flexibility index (Phi) is 6.29. The van der Waals surface area contributed by atoms with E-state index < -0.39 is 5.66 Å². The fourth-order valence-corrected chi connectivity index (χ4v) is 7.51. The smallest absolute Gasteiger partial charge is 0.140 e. The quantitative estimate of drug-likeness (QED) is 0.151. The third-order valence-corrected chi connectivity index (χ3v) is 9.61. The number of benzene rings is 6. The van der Waals surface area contributed by atoms with Gasteiger partial charge >= 0.3 is 0 Å². The third-order valence-electron chi connectivity index (χ3n) is 8.48. The molecule has 0 radical (unpaired) electrons. The maximum Gasteiger partial charge on any atom is 0.140 e. The van der Waals surface area contributed by atoms with Crippen LogP contribution < -0.4 is 11.5 Å². The van der Waals surface area contributed by atoms with Gasteiger partial charge in [0.05, 0.1) is 11.0 Å². The molecule has 0 aliphatic heterocycles. The van der Waals surface area contributed by atoms with Gasteiger partial charge in [-0.1, -0.05) is 109 Å². The van der Waals surface area contributed by atoms with Crippen LogP contribution in [0.1, 0.15) is 16.7 Å². The molecule has 0 bridgehead atoms. The first-order valence-corrected chi connectivity index (χ1v) is 15.6. The summed E-state index contributed by atoms with van der Waals surface area (Å²) in [5.74, 6) is 0.415. The predicted octanol–water partition coefficient (Wildman–Crippen LogP) is 8.91. The summed E-state index contributed by atoms with van der Waals surface area (Å²) in [6.45, 7) is 0. The molecule has 8 rings (SSSR count). The van der Waals surface area contributed by atoms with E-state index in [0.717, 1.165) is 33.4 Å². The van der Waals surface area contributed by atoms with Crippen molar-refractivity contribution in [3.05, 3.63) is 162 Å². The predicted molar refractivity (Wildman–Crippen MR) is 187 cm³/mol. The van der Waals surface area contributed by atoms with E-state index in [1.807, 2.05) is 59.9 Å². The van der Waals surface area contributed by atoms with Gasteiger partial charge in [-0.15, -0.1) is 11.3 Å². The Labute approximate surface area is 259 Å². The van der Waals surface area contributed by atoms with Crippen LogP contribution in [-0.4, -0.2) is 10.4 Å². The molecule has 2 aromatic heterocycles. The van der Waals surface area contributed by atoms with Crippen LogP contribution in [0.15, 0.2) is 151 Å². The van der Waals surface area contributed by atoms with Gasteiger partial charge in [-0.3, -0.25) is 0 Å². The largest absolute Gasteiger partial charge is 0.383 e. The zero-order valence-electron chi connectivity index (χ0n) is 24.0. The van der Waals surface area contributed by atoms with Crippen molar-refractivity contribution in [1.82, 2.24) is 4.57 Å². The van der Waals surface area contributed by atoms with E-state index in [1.165, 1.54) is 30.9 Å². The van der Waals surface area contributed by atoms with E-state index in [-0.39, 0.29) is 0 Å². The topological polar surface area (TPSA) is 69.3 Å². The lowest BCUT2D eigenvalue weighted by Gasteiger charge is -2.28. The fraction of sp³-hybridized carbons (Fsp3) is 0.0513. The van der Waals surface area contributed by atoms with Crippen LogP contribution in [-0.2, 0) is 12.1 Å². The normalized spacial score (nSPS) is 13.6. The molecule has 0 spiro atoms. The molecule has 44 heavy (non-hydrogen) atoms. The zero-order valence-corrected chi connectivity index (χ0v) is 24.8. The SMILES string of the molecule is NC(=N[C@](N)(Cc1ccccc1)c1cccc(-n2c3ccccc3c3cc4sc5ccccc5c4cc32)c1)c1ccccc1. The molecule has 212 valence electrons. The minimum Gasteiger partial charge on any atom is -0.383 e. The molecular weight excluding hydrogens is 557 g/mol. The molecule has 6 aromatic carbocycles. The Hall–Kier alpha value is -5.23. The highest BCUT2D eigenvalue weighted by Crippen LogP contribution is 2.41. The second kappa shape index (κ2) is 10.5. The van der Waals surface area contributed by atoms with Crippen LogP contribution in [0.5, 0.6) is 0 Å². The van der Waals surface area contributed by atoms with Crippen molar-refractivity contribution in [3.63, 3.8) is 0 Å². The Balaban J connectivity index is 1.35. The number of rotatable bonds is 6. The highest BCUT2D eigenvalue weighted by molar-refractivity contribution is 7.25. The second-order valence-corrected chi connectivity index (χ2v) is 12.4. The lowest BCUT2D eigenvalue weighted by Crippen LogP contribution is -2.39. The minimum absolute atomic E-state index is 0.415.